The van der Waals surface area contributed by atoms with Crippen LogP contribution in [0, 0.1) is 10.1 Å². The van der Waals surface area contributed by atoms with Gasteiger partial charge in [-0.3, -0.25) is 0 Å². The first-order chi connectivity index (χ1) is 7.27. The lowest BCUT2D eigenvalue weighted by Gasteiger charge is -1.76. The SMILES string of the molecule is NN[N+](=O)[O-].c1ccoc1.c1ccsc1. The maximum atomic E-state index is 8.94. The third-order valence-corrected chi connectivity index (χ3v) is 1.58. The van der Waals surface area contributed by atoms with E-state index in [0.29, 0.717) is 0 Å². The third-order valence-electron chi connectivity index (χ3n) is 0.956. The molecule has 0 aliphatic heterocycles. The van der Waals surface area contributed by atoms with E-state index in [1.807, 2.05) is 35.0 Å². The standard InChI is InChI=1S/C4H4O.C4H4S.H3N3O2/c2*1-2-4-5-3-1;1-2-3(4)5/h2*1-4H;2H,1H2. The van der Waals surface area contributed by atoms with Gasteiger partial charge in [0, 0.05) is 0 Å². The third kappa shape index (κ3) is 12.1. The smallest absolute Gasteiger partial charge is 0.173 e. The van der Waals surface area contributed by atoms with Crippen molar-refractivity contribution in [3.63, 3.8) is 0 Å². The molecular weight excluding hydrogens is 218 g/mol. The molecule has 0 radical (unpaired) electrons. The Labute approximate surface area is 90.4 Å². The Morgan fingerprint density at radius 3 is 1.80 bits per heavy atom. The van der Waals surface area contributed by atoms with E-state index in [1.54, 1.807) is 23.9 Å². The van der Waals surface area contributed by atoms with Gasteiger partial charge in [0.2, 0.25) is 0 Å². The van der Waals surface area contributed by atoms with Gasteiger partial charge in [-0.05, 0) is 22.9 Å². The van der Waals surface area contributed by atoms with Gasteiger partial charge in [-0.1, -0.05) is 17.7 Å². The van der Waals surface area contributed by atoms with Crippen LogP contribution in [0.15, 0.2) is 52.0 Å². The van der Waals surface area contributed by atoms with Crippen LogP contribution in [-0.4, -0.2) is 5.03 Å². The fourth-order valence-electron chi connectivity index (χ4n) is 0.454. The topological polar surface area (TPSA) is 94.3 Å². The fourth-order valence-corrected chi connectivity index (χ4v) is 0.907. The minimum absolute atomic E-state index is 0.847. The summed E-state index contributed by atoms with van der Waals surface area (Å²) < 4.78 is 4.58. The largest absolute Gasteiger partial charge is 0.473 e. The maximum absolute atomic E-state index is 8.94. The molecule has 0 saturated carbocycles. The van der Waals surface area contributed by atoms with E-state index in [0.717, 1.165) is 0 Å². The van der Waals surface area contributed by atoms with Gasteiger partial charge in [-0.15, -0.1) is 0 Å². The number of hydrogen-bond acceptors (Lipinski definition) is 5. The lowest BCUT2D eigenvalue weighted by atomic mass is 10.7. The molecule has 0 spiro atoms. The van der Waals surface area contributed by atoms with Crippen molar-refractivity contribution in [2.75, 3.05) is 0 Å². The highest BCUT2D eigenvalue weighted by molar-refractivity contribution is 7.07. The van der Waals surface area contributed by atoms with Gasteiger partial charge >= 0.3 is 0 Å². The van der Waals surface area contributed by atoms with Crippen LogP contribution in [0.4, 0.5) is 0 Å². The van der Waals surface area contributed by atoms with Crippen LogP contribution in [0.1, 0.15) is 0 Å². The fraction of sp³-hybridized carbons (Fsp3) is 0. The molecule has 0 atom stereocenters. The minimum atomic E-state index is -0.847. The molecule has 2 aromatic rings. The van der Waals surface area contributed by atoms with Crippen LogP contribution in [-0.2, 0) is 0 Å². The molecule has 0 bridgehead atoms. The molecule has 0 aliphatic rings. The van der Waals surface area contributed by atoms with Crippen LogP contribution in [0.2, 0.25) is 0 Å². The van der Waals surface area contributed by atoms with Crippen LogP contribution in [0.25, 0.3) is 0 Å². The average molecular weight is 229 g/mol. The van der Waals surface area contributed by atoms with Gasteiger partial charge in [0.05, 0.1) is 12.5 Å². The predicted octanol–water partition coefficient (Wildman–Crippen LogP) is 1.67. The summed E-state index contributed by atoms with van der Waals surface area (Å²) >= 11 is 1.71. The summed E-state index contributed by atoms with van der Waals surface area (Å²) in [5.41, 5.74) is 1.25. The maximum Gasteiger partial charge on any atom is 0.173 e. The zero-order valence-corrected chi connectivity index (χ0v) is 8.59. The number of rotatable bonds is 1. The Kier molecular flexibility index (Phi) is 8.95. The Bertz CT molecular complexity index is 249. The Hall–Kier alpha value is -1.86. The van der Waals surface area contributed by atoms with Crippen LogP contribution >= 0.6 is 11.3 Å². The molecule has 0 unspecified atom stereocenters. The Morgan fingerprint density at radius 1 is 1.20 bits per heavy atom. The van der Waals surface area contributed by atoms with Crippen LogP contribution in [0.3, 0.4) is 0 Å². The van der Waals surface area contributed by atoms with Crippen molar-refractivity contribution in [1.82, 2.24) is 5.53 Å². The molecule has 2 heterocycles. The van der Waals surface area contributed by atoms with E-state index in [1.165, 1.54) is 5.53 Å². The summed E-state index contributed by atoms with van der Waals surface area (Å²) in [6.45, 7) is 0. The minimum Gasteiger partial charge on any atom is -0.473 e. The van der Waals surface area contributed by atoms with Crippen LogP contribution in [0.5, 0.6) is 0 Å². The van der Waals surface area contributed by atoms with E-state index in [4.69, 9.17) is 10.1 Å². The van der Waals surface area contributed by atoms with Gasteiger partial charge < -0.3 is 4.42 Å². The van der Waals surface area contributed by atoms with Crippen LogP contribution < -0.4 is 11.4 Å². The van der Waals surface area contributed by atoms with Crippen molar-refractivity contribution in [2.45, 2.75) is 0 Å². The molecule has 2 aromatic heterocycles. The zero-order chi connectivity index (χ0) is 11.4. The molecule has 6 nitrogen and oxygen atoms in total. The molecule has 2 rings (SSSR count). The van der Waals surface area contributed by atoms with Crippen molar-refractivity contribution in [3.8, 4) is 0 Å². The highest BCUT2D eigenvalue weighted by atomic mass is 32.1. The second kappa shape index (κ2) is 10.2. The number of hydrogen-bond donors (Lipinski definition) is 2. The second-order valence-electron chi connectivity index (χ2n) is 1.97. The summed E-state index contributed by atoms with van der Waals surface area (Å²) in [7, 11) is 0. The summed E-state index contributed by atoms with van der Waals surface area (Å²) in [4.78, 5) is 8.94. The summed E-state index contributed by atoms with van der Waals surface area (Å²) in [5.74, 6) is 4.22. The highest BCUT2D eigenvalue weighted by Gasteiger charge is 1.73. The number of nitro groups is 1. The predicted molar refractivity (Wildman–Crippen MR) is 57.3 cm³/mol. The van der Waals surface area contributed by atoms with Crippen molar-refractivity contribution in [1.29, 1.82) is 0 Å². The molecule has 82 valence electrons. The molecule has 0 aliphatic carbocycles. The molecule has 0 fully saturated rings. The zero-order valence-electron chi connectivity index (χ0n) is 7.78. The quantitative estimate of drug-likeness (QED) is 0.440. The first-order valence-electron chi connectivity index (χ1n) is 3.82. The van der Waals surface area contributed by atoms with Gasteiger partial charge in [-0.2, -0.15) is 17.2 Å². The lowest BCUT2D eigenvalue weighted by Crippen LogP contribution is -2.28. The first-order valence-corrected chi connectivity index (χ1v) is 4.76. The monoisotopic (exact) mass is 229 g/mol. The molecule has 0 saturated heterocycles. The van der Waals surface area contributed by atoms with E-state index >= 15 is 0 Å². The summed E-state index contributed by atoms with van der Waals surface area (Å²) in [6.07, 6.45) is 3.25. The molecule has 0 amide bonds. The van der Waals surface area contributed by atoms with E-state index < -0.39 is 5.03 Å². The van der Waals surface area contributed by atoms with Gasteiger partial charge in [0.25, 0.3) is 0 Å². The summed E-state index contributed by atoms with van der Waals surface area (Å²) in [5, 5.41) is 12.2. The second-order valence-corrected chi connectivity index (χ2v) is 2.79. The molecule has 3 N–H and O–H groups in total. The van der Waals surface area contributed by atoms with Crippen molar-refractivity contribution < 1.29 is 9.45 Å². The number of hydrazine groups is 2. The van der Waals surface area contributed by atoms with E-state index in [-0.39, 0.29) is 0 Å². The van der Waals surface area contributed by atoms with Gasteiger partial charge in [-0.25, -0.2) is 10.1 Å². The Morgan fingerprint density at radius 2 is 1.67 bits per heavy atom. The Balaban J connectivity index is 0.000000196. The molecule has 0 aromatic carbocycles. The van der Waals surface area contributed by atoms with E-state index in [9.17, 15) is 0 Å². The van der Waals surface area contributed by atoms with Gasteiger partial charge in [0.15, 0.2) is 5.03 Å². The van der Waals surface area contributed by atoms with Gasteiger partial charge in [0.1, 0.15) is 0 Å². The van der Waals surface area contributed by atoms with Crippen molar-refractivity contribution in [2.24, 2.45) is 5.84 Å². The van der Waals surface area contributed by atoms with Crippen molar-refractivity contribution in [3.05, 3.63) is 57.7 Å². The number of nitrogens with one attached hydrogen (secondary N) is 1. The molecular formula is C8H11N3O3S. The lowest BCUT2D eigenvalue weighted by molar-refractivity contribution is -0.546. The summed E-state index contributed by atoms with van der Waals surface area (Å²) in [6, 6.07) is 7.70. The van der Waals surface area contributed by atoms with E-state index in [2.05, 4.69) is 10.3 Å². The normalized spacial score (nSPS) is 7.53. The average Bonchev–Trinajstić information content (AvgIpc) is 2.96. The first kappa shape index (κ1) is 13.1. The highest BCUT2D eigenvalue weighted by Crippen LogP contribution is 1.91. The molecule has 15 heavy (non-hydrogen) atoms. The van der Waals surface area contributed by atoms with Crippen molar-refractivity contribution >= 4 is 11.3 Å². The number of furan rings is 1. The molecule has 7 heteroatoms. The number of nitrogens with two attached hydrogens (primary N) is 1. The number of nitrogens with zero attached hydrogens (tertiary/aromatic N) is 1. The number of thiophene rings is 1.